The summed E-state index contributed by atoms with van der Waals surface area (Å²) < 4.78 is 63.9. The van der Waals surface area contributed by atoms with Gasteiger partial charge in [0.1, 0.15) is 42.0 Å². The highest BCUT2D eigenvalue weighted by atomic mass is 19.3. The molecule has 0 aliphatic heterocycles. The number of halogens is 2. The van der Waals surface area contributed by atoms with Gasteiger partial charge in [-0.2, -0.15) is 0 Å². The maximum atomic E-state index is 14.7. The quantitative estimate of drug-likeness (QED) is 0.0227. The largest absolute Gasteiger partial charge is 0.491 e. The molecule has 6 aromatic rings. The molecule has 0 fully saturated rings. The Hall–Kier alpha value is -6.07. The minimum absolute atomic E-state index is 0.0106. The lowest BCUT2D eigenvalue weighted by atomic mass is 10.0. The first-order valence-electron chi connectivity index (χ1n) is 22.4. The molecule has 0 saturated carbocycles. The summed E-state index contributed by atoms with van der Waals surface area (Å²) in [6.07, 6.45) is 8.36. The molecular formula is C53H58F2O9. The van der Waals surface area contributed by atoms with Crippen molar-refractivity contribution in [1.29, 1.82) is 0 Å². The second kappa shape index (κ2) is 23.6. The van der Waals surface area contributed by atoms with Crippen LogP contribution in [0.15, 0.2) is 128 Å². The maximum absolute atomic E-state index is 14.7. The van der Waals surface area contributed by atoms with Crippen molar-refractivity contribution >= 4 is 27.9 Å². The Balaban J connectivity index is 1.11. The van der Waals surface area contributed by atoms with Crippen LogP contribution in [0.1, 0.15) is 89.2 Å². The monoisotopic (exact) mass is 876 g/mol. The van der Waals surface area contributed by atoms with Crippen molar-refractivity contribution < 1.29 is 41.4 Å². The van der Waals surface area contributed by atoms with E-state index in [4.69, 9.17) is 27.8 Å². The van der Waals surface area contributed by atoms with Crippen molar-refractivity contribution in [2.45, 2.75) is 103 Å². The average molecular weight is 877 g/mol. The molecule has 2 aromatic heterocycles. The van der Waals surface area contributed by atoms with E-state index >= 15 is 0 Å². The molecule has 9 nitrogen and oxygen atoms in total. The first-order valence-corrected chi connectivity index (χ1v) is 22.4. The number of carbonyl (C=O) groups is 1. The van der Waals surface area contributed by atoms with Gasteiger partial charge in [-0.25, -0.2) is 23.2 Å². The highest BCUT2D eigenvalue weighted by Gasteiger charge is 2.28. The molecular weight excluding hydrogens is 819 g/mol. The number of alkyl halides is 2. The zero-order valence-electron chi connectivity index (χ0n) is 36.8. The fraction of sp³-hybridized carbons (Fsp3) is 0.377. The van der Waals surface area contributed by atoms with Crippen LogP contribution >= 0.6 is 0 Å². The van der Waals surface area contributed by atoms with Gasteiger partial charge in [0, 0.05) is 48.4 Å². The highest BCUT2D eigenvalue weighted by molar-refractivity contribution is 5.84. The van der Waals surface area contributed by atoms with E-state index in [2.05, 4.69) is 44.7 Å². The minimum Gasteiger partial charge on any atom is -0.491 e. The first-order chi connectivity index (χ1) is 31.0. The maximum Gasteiger partial charge on any atom is 0.344 e. The van der Waals surface area contributed by atoms with Gasteiger partial charge in [-0.1, -0.05) is 94.6 Å². The van der Waals surface area contributed by atoms with E-state index in [0.29, 0.717) is 33.8 Å². The summed E-state index contributed by atoms with van der Waals surface area (Å²) in [4.78, 5) is 37.5. The van der Waals surface area contributed by atoms with E-state index in [1.165, 1.54) is 24.0 Å². The molecule has 0 saturated heterocycles. The van der Waals surface area contributed by atoms with Crippen molar-refractivity contribution in [3.05, 3.63) is 142 Å². The average Bonchev–Trinajstić information content (AvgIpc) is 3.30. The number of fused-ring (bicyclic) bond motifs is 2. The second-order valence-electron chi connectivity index (χ2n) is 16.2. The van der Waals surface area contributed by atoms with Gasteiger partial charge in [0.05, 0.1) is 17.7 Å². The predicted octanol–water partition coefficient (Wildman–Crippen LogP) is 12.5. The topological polar surface area (TPSA) is 114 Å². The molecule has 0 aliphatic rings. The number of carbonyl (C=O) groups excluding carboxylic acids is 1. The number of benzene rings is 4. The number of hydrogen-bond acceptors (Lipinski definition) is 9. The van der Waals surface area contributed by atoms with Gasteiger partial charge in [0.2, 0.25) is 5.92 Å². The molecule has 6 rings (SSSR count). The Morgan fingerprint density at radius 2 is 1.11 bits per heavy atom. The highest BCUT2D eigenvalue weighted by Crippen LogP contribution is 2.29. The summed E-state index contributed by atoms with van der Waals surface area (Å²) in [5, 5.41) is 1.44. The Labute approximate surface area is 373 Å². The van der Waals surface area contributed by atoms with Crippen molar-refractivity contribution in [3.63, 3.8) is 0 Å². The van der Waals surface area contributed by atoms with Gasteiger partial charge in [0.25, 0.3) is 0 Å². The molecule has 2 heterocycles. The van der Waals surface area contributed by atoms with Gasteiger partial charge in [-0.05, 0) is 97.2 Å². The summed E-state index contributed by atoms with van der Waals surface area (Å²) in [6.45, 7) is 7.48. The van der Waals surface area contributed by atoms with E-state index in [-0.39, 0.29) is 39.3 Å². The lowest BCUT2D eigenvalue weighted by Crippen LogP contribution is -2.29. The molecule has 64 heavy (non-hydrogen) atoms. The molecule has 0 bridgehead atoms. The van der Waals surface area contributed by atoms with Crippen LogP contribution in [0.25, 0.3) is 44.2 Å². The van der Waals surface area contributed by atoms with Gasteiger partial charge in [0.15, 0.2) is 0 Å². The van der Waals surface area contributed by atoms with Gasteiger partial charge in [-0.15, -0.1) is 0 Å². The number of unbranched alkanes of at least 4 members (excludes halogenated alkanes) is 4. The van der Waals surface area contributed by atoms with Gasteiger partial charge in [-0.3, -0.25) is 0 Å². The van der Waals surface area contributed by atoms with Crippen molar-refractivity contribution in [1.82, 2.24) is 0 Å². The summed E-state index contributed by atoms with van der Waals surface area (Å²) in [7, 11) is 0. The molecule has 0 aliphatic carbocycles. The van der Waals surface area contributed by atoms with Crippen LogP contribution < -0.4 is 20.7 Å². The number of rotatable bonds is 26. The molecule has 4 aromatic carbocycles. The van der Waals surface area contributed by atoms with E-state index in [9.17, 15) is 23.2 Å². The number of ether oxygens (including phenoxy) is 4. The van der Waals surface area contributed by atoms with Crippen molar-refractivity contribution in [2.24, 2.45) is 0 Å². The van der Waals surface area contributed by atoms with Crippen molar-refractivity contribution in [2.75, 3.05) is 26.4 Å². The van der Waals surface area contributed by atoms with E-state index in [1.54, 1.807) is 48.5 Å². The third kappa shape index (κ3) is 14.0. The van der Waals surface area contributed by atoms with Crippen LogP contribution in [0.3, 0.4) is 0 Å². The lowest BCUT2D eigenvalue weighted by Gasteiger charge is -2.21. The van der Waals surface area contributed by atoms with Gasteiger partial charge < -0.3 is 27.8 Å². The third-order valence-corrected chi connectivity index (χ3v) is 11.1. The molecule has 0 amide bonds. The van der Waals surface area contributed by atoms with Crippen LogP contribution in [0, 0.1) is 0 Å². The van der Waals surface area contributed by atoms with E-state index in [0.717, 1.165) is 66.5 Å². The number of esters is 1. The molecule has 0 radical (unpaired) electrons. The predicted molar refractivity (Wildman–Crippen MR) is 248 cm³/mol. The zero-order chi connectivity index (χ0) is 45.3. The van der Waals surface area contributed by atoms with Gasteiger partial charge >= 0.3 is 17.2 Å². The van der Waals surface area contributed by atoms with Crippen LogP contribution in [0.2, 0.25) is 0 Å². The molecule has 338 valence electrons. The smallest absolute Gasteiger partial charge is 0.344 e. The third-order valence-electron chi connectivity index (χ3n) is 11.1. The zero-order valence-corrected chi connectivity index (χ0v) is 36.8. The van der Waals surface area contributed by atoms with Crippen molar-refractivity contribution in [3.8, 4) is 33.8 Å². The Bertz CT molecular complexity index is 2410. The summed E-state index contributed by atoms with van der Waals surface area (Å²) in [5.74, 6) is -2.81. The minimum atomic E-state index is -2.98. The molecule has 0 spiro atoms. The number of hydrogen-bond donors (Lipinski definition) is 0. The first kappa shape index (κ1) is 47.4. The lowest BCUT2D eigenvalue weighted by molar-refractivity contribution is -0.138. The van der Waals surface area contributed by atoms with Crippen LogP contribution in [0.4, 0.5) is 8.78 Å². The Kier molecular flexibility index (Phi) is 17.5. The standard InChI is InChI=1S/C53H58F2O9/c1-4-7-9-13-37-15-19-39(20-16-37)46-31-41-23-25-43(33-48(41)63-51(46)57)61-35-45(59-29-11-27-53(54,55)28-12-30-60-50(56)6-3)36-62-44-26-24-42-32-47(52(58)64-49(42)34-44)40-21-17-38(18-22-40)14-10-8-5-2/h6,15-26,31-34,45H,3-5,7-14,27-30,35-36H2,1-2H3. The Morgan fingerprint density at radius 3 is 1.56 bits per heavy atom. The van der Waals surface area contributed by atoms with Crippen LogP contribution in [0.5, 0.6) is 11.5 Å². The SMILES string of the molecule is C=CC(=O)OCCCC(F)(F)CCCOC(COc1ccc2cc(-c3ccc(CCCCC)cc3)c(=O)oc2c1)COc1ccc2cc(-c3ccc(CCCCC)cc3)c(=O)oc2c1. The molecule has 0 unspecified atom stereocenters. The van der Waals surface area contributed by atoms with E-state index < -0.39 is 42.1 Å². The second-order valence-corrected chi connectivity index (χ2v) is 16.2. The molecule has 0 atom stereocenters. The molecule has 0 N–H and O–H groups in total. The summed E-state index contributed by atoms with van der Waals surface area (Å²) in [6, 6.07) is 30.0. The molecule has 11 heteroatoms. The fourth-order valence-electron chi connectivity index (χ4n) is 7.42. The summed E-state index contributed by atoms with van der Waals surface area (Å²) >= 11 is 0. The van der Waals surface area contributed by atoms with Crippen LogP contribution in [-0.4, -0.2) is 44.4 Å². The summed E-state index contributed by atoms with van der Waals surface area (Å²) in [5.41, 5.74) is 4.68. The van der Waals surface area contributed by atoms with Crippen LogP contribution in [-0.2, 0) is 27.1 Å². The fourth-order valence-corrected chi connectivity index (χ4v) is 7.42. The normalized spacial score (nSPS) is 11.6. The van der Waals surface area contributed by atoms with E-state index in [1.807, 2.05) is 24.3 Å². The Morgan fingerprint density at radius 1 is 0.641 bits per heavy atom. The number of aryl methyl sites for hydroxylation is 2.